The van der Waals surface area contributed by atoms with Crippen molar-refractivity contribution in [2.75, 3.05) is 6.54 Å². The Morgan fingerprint density at radius 1 is 1.44 bits per heavy atom. The fraction of sp³-hybridized carbons (Fsp3) is 0.750. The highest BCUT2D eigenvalue weighted by atomic mass is 16.2. The van der Waals surface area contributed by atoms with E-state index in [-0.39, 0.29) is 18.2 Å². The van der Waals surface area contributed by atoms with Gasteiger partial charge in [0.25, 0.3) is 0 Å². The van der Waals surface area contributed by atoms with Crippen molar-refractivity contribution in [3.8, 4) is 0 Å². The van der Waals surface area contributed by atoms with Crippen LogP contribution in [0.4, 0.5) is 0 Å². The van der Waals surface area contributed by atoms with Crippen molar-refractivity contribution in [3.05, 3.63) is 0 Å². The number of aldehydes is 1. The number of amides is 2. The van der Waals surface area contributed by atoms with Gasteiger partial charge in [-0.3, -0.25) is 14.5 Å². The van der Waals surface area contributed by atoms with E-state index in [0.717, 1.165) is 12.7 Å². The first-order chi connectivity index (χ1) is 7.50. The Kier molecular flexibility index (Phi) is 3.83. The average molecular weight is 225 g/mol. The van der Waals surface area contributed by atoms with E-state index in [0.29, 0.717) is 13.0 Å². The maximum absolute atomic E-state index is 12.0. The summed E-state index contributed by atoms with van der Waals surface area (Å²) < 4.78 is 0. The number of likely N-dealkylation sites (tertiary alicyclic amines) is 1. The molecule has 0 saturated carbocycles. The molecule has 4 heteroatoms. The molecule has 0 aromatic carbocycles. The number of nitrogens with zero attached hydrogens (tertiary/aromatic N) is 1. The molecule has 0 aromatic heterocycles. The minimum Gasteiger partial charge on any atom is -0.303 e. The first-order valence-electron chi connectivity index (χ1n) is 5.80. The van der Waals surface area contributed by atoms with Crippen LogP contribution in [0, 0.1) is 11.3 Å². The molecular formula is C12H19NO3. The van der Waals surface area contributed by atoms with Crippen LogP contribution in [-0.4, -0.2) is 29.5 Å². The summed E-state index contributed by atoms with van der Waals surface area (Å²) in [7, 11) is 0. The largest absolute Gasteiger partial charge is 0.303 e. The number of imide groups is 1. The SMILES string of the molecule is CCCC(C)(C=O)C1CC(=O)N(CC)C1=O. The second-order valence-corrected chi connectivity index (χ2v) is 4.61. The minimum absolute atomic E-state index is 0.151. The standard InChI is InChI=1S/C12H19NO3/c1-4-6-12(3,8-14)9-7-10(15)13(5-2)11(9)16/h8-9H,4-7H2,1-3H3. The molecule has 0 N–H and O–H groups in total. The Morgan fingerprint density at radius 3 is 2.44 bits per heavy atom. The van der Waals surface area contributed by atoms with Gasteiger partial charge in [0.2, 0.25) is 11.8 Å². The molecule has 90 valence electrons. The van der Waals surface area contributed by atoms with Crippen LogP contribution in [0.5, 0.6) is 0 Å². The van der Waals surface area contributed by atoms with Gasteiger partial charge < -0.3 is 4.79 Å². The van der Waals surface area contributed by atoms with E-state index in [1.54, 1.807) is 13.8 Å². The fourth-order valence-electron chi connectivity index (χ4n) is 2.38. The predicted molar refractivity (Wildman–Crippen MR) is 59.6 cm³/mol. The molecule has 0 aromatic rings. The smallest absolute Gasteiger partial charge is 0.233 e. The van der Waals surface area contributed by atoms with Crippen LogP contribution < -0.4 is 0 Å². The lowest BCUT2D eigenvalue weighted by molar-refractivity contribution is -0.141. The Balaban J connectivity index is 2.93. The number of carbonyl (C=O) groups excluding carboxylic acids is 3. The van der Waals surface area contributed by atoms with Gasteiger partial charge in [-0.15, -0.1) is 0 Å². The van der Waals surface area contributed by atoms with Crippen LogP contribution in [0.25, 0.3) is 0 Å². The van der Waals surface area contributed by atoms with Gasteiger partial charge in [-0.25, -0.2) is 0 Å². The lowest BCUT2D eigenvalue weighted by atomic mass is 9.74. The van der Waals surface area contributed by atoms with Crippen molar-refractivity contribution >= 4 is 18.1 Å². The molecule has 1 heterocycles. The van der Waals surface area contributed by atoms with Crippen LogP contribution in [0.2, 0.25) is 0 Å². The summed E-state index contributed by atoms with van der Waals surface area (Å²) in [6, 6.07) is 0. The Bertz CT molecular complexity index is 313. The monoisotopic (exact) mass is 225 g/mol. The van der Waals surface area contributed by atoms with Crippen LogP contribution in [0.1, 0.15) is 40.0 Å². The molecule has 4 nitrogen and oxygen atoms in total. The van der Waals surface area contributed by atoms with Gasteiger partial charge in [-0.05, 0) is 13.3 Å². The van der Waals surface area contributed by atoms with E-state index in [1.807, 2.05) is 6.92 Å². The van der Waals surface area contributed by atoms with Gasteiger partial charge >= 0.3 is 0 Å². The van der Waals surface area contributed by atoms with E-state index >= 15 is 0 Å². The lowest BCUT2D eigenvalue weighted by Gasteiger charge is -2.27. The molecule has 1 rings (SSSR count). The average Bonchev–Trinajstić information content (AvgIpc) is 2.54. The van der Waals surface area contributed by atoms with Crippen molar-refractivity contribution in [3.63, 3.8) is 0 Å². The summed E-state index contributed by atoms with van der Waals surface area (Å²) in [5.74, 6) is -0.797. The number of hydrogen-bond acceptors (Lipinski definition) is 3. The molecule has 1 fully saturated rings. The highest BCUT2D eigenvalue weighted by molar-refractivity contribution is 6.05. The second kappa shape index (κ2) is 4.76. The van der Waals surface area contributed by atoms with Crippen molar-refractivity contribution in [2.45, 2.75) is 40.0 Å². The minimum atomic E-state index is -0.689. The van der Waals surface area contributed by atoms with Gasteiger partial charge in [-0.1, -0.05) is 20.3 Å². The summed E-state index contributed by atoms with van der Waals surface area (Å²) in [6.45, 7) is 5.92. The molecule has 0 aliphatic carbocycles. The molecule has 0 bridgehead atoms. The van der Waals surface area contributed by atoms with Crippen LogP contribution in [0.3, 0.4) is 0 Å². The van der Waals surface area contributed by atoms with E-state index in [1.165, 1.54) is 4.90 Å². The zero-order valence-electron chi connectivity index (χ0n) is 10.2. The van der Waals surface area contributed by atoms with Gasteiger partial charge in [0.05, 0.1) is 5.92 Å². The molecule has 1 saturated heterocycles. The zero-order chi connectivity index (χ0) is 12.3. The van der Waals surface area contributed by atoms with Crippen molar-refractivity contribution in [1.29, 1.82) is 0 Å². The summed E-state index contributed by atoms with van der Waals surface area (Å²) in [5.41, 5.74) is -0.689. The van der Waals surface area contributed by atoms with Gasteiger partial charge in [0, 0.05) is 18.4 Å². The molecule has 1 aliphatic rings. The first-order valence-corrected chi connectivity index (χ1v) is 5.80. The van der Waals surface area contributed by atoms with E-state index in [4.69, 9.17) is 0 Å². The third kappa shape index (κ3) is 2.01. The van der Waals surface area contributed by atoms with Crippen LogP contribution >= 0.6 is 0 Å². The Hall–Kier alpha value is -1.19. The van der Waals surface area contributed by atoms with E-state index in [9.17, 15) is 14.4 Å². The van der Waals surface area contributed by atoms with Gasteiger partial charge in [0.1, 0.15) is 6.29 Å². The quantitative estimate of drug-likeness (QED) is 0.524. The molecule has 0 radical (unpaired) electrons. The fourth-order valence-corrected chi connectivity index (χ4v) is 2.38. The molecule has 16 heavy (non-hydrogen) atoms. The summed E-state index contributed by atoms with van der Waals surface area (Å²) in [5, 5.41) is 0. The second-order valence-electron chi connectivity index (χ2n) is 4.61. The highest BCUT2D eigenvalue weighted by Crippen LogP contribution is 2.38. The predicted octanol–water partition coefficient (Wildman–Crippen LogP) is 1.39. The molecule has 2 amide bonds. The number of hydrogen-bond donors (Lipinski definition) is 0. The molecule has 0 spiro atoms. The number of rotatable bonds is 5. The molecule has 2 atom stereocenters. The Labute approximate surface area is 96.0 Å². The third-order valence-electron chi connectivity index (χ3n) is 3.41. The Morgan fingerprint density at radius 2 is 2.06 bits per heavy atom. The maximum Gasteiger partial charge on any atom is 0.233 e. The van der Waals surface area contributed by atoms with Crippen molar-refractivity contribution < 1.29 is 14.4 Å². The summed E-state index contributed by atoms with van der Waals surface area (Å²) >= 11 is 0. The normalized spacial score (nSPS) is 24.7. The lowest BCUT2D eigenvalue weighted by Crippen LogP contribution is -2.37. The summed E-state index contributed by atoms with van der Waals surface area (Å²) in [6.07, 6.45) is 2.50. The molecular weight excluding hydrogens is 206 g/mol. The van der Waals surface area contributed by atoms with Crippen molar-refractivity contribution in [1.82, 2.24) is 4.90 Å². The highest BCUT2D eigenvalue weighted by Gasteiger charge is 2.47. The molecule has 2 unspecified atom stereocenters. The maximum atomic E-state index is 12.0. The number of carbonyl (C=O) groups is 3. The van der Waals surface area contributed by atoms with E-state index < -0.39 is 11.3 Å². The van der Waals surface area contributed by atoms with Gasteiger partial charge in [-0.2, -0.15) is 0 Å². The zero-order valence-corrected chi connectivity index (χ0v) is 10.2. The first kappa shape index (κ1) is 12.9. The van der Waals surface area contributed by atoms with Crippen molar-refractivity contribution in [2.24, 2.45) is 11.3 Å². The van der Waals surface area contributed by atoms with E-state index in [2.05, 4.69) is 0 Å². The molecule has 1 aliphatic heterocycles. The van der Waals surface area contributed by atoms with Gasteiger partial charge in [0.15, 0.2) is 0 Å². The third-order valence-corrected chi connectivity index (χ3v) is 3.41. The van der Waals surface area contributed by atoms with Crippen LogP contribution in [0.15, 0.2) is 0 Å². The van der Waals surface area contributed by atoms with Crippen LogP contribution in [-0.2, 0) is 14.4 Å². The topological polar surface area (TPSA) is 54.5 Å². The summed E-state index contributed by atoms with van der Waals surface area (Å²) in [4.78, 5) is 36.0.